The lowest BCUT2D eigenvalue weighted by molar-refractivity contribution is -0.00248. The van der Waals surface area contributed by atoms with Crippen molar-refractivity contribution >= 4 is 24.1 Å². The first kappa shape index (κ1) is 5.62. The summed E-state index contributed by atoms with van der Waals surface area (Å²) in [6.45, 7) is 0. The lowest BCUT2D eigenvalue weighted by Crippen LogP contribution is -2.53. The summed E-state index contributed by atoms with van der Waals surface area (Å²) in [4.78, 5) is 13.0. The van der Waals surface area contributed by atoms with Gasteiger partial charge in [0.1, 0.15) is 12.0 Å². The van der Waals surface area contributed by atoms with Crippen LogP contribution in [0.25, 0.3) is 0 Å². The highest BCUT2D eigenvalue weighted by atomic mass is 32.1. The number of aromatic nitrogens is 2. The molecule has 1 saturated heterocycles. The molecule has 3 aliphatic heterocycles. The van der Waals surface area contributed by atoms with Crippen molar-refractivity contribution in [2.45, 2.75) is 5.50 Å². The summed E-state index contributed by atoms with van der Waals surface area (Å²) >= 11 is 4.24. The number of hydrogen-bond acceptors (Lipinski definition) is 6. The Labute approximate surface area is 67.9 Å². The van der Waals surface area contributed by atoms with Crippen LogP contribution in [-0.2, 0) is 4.94 Å². The van der Waals surface area contributed by atoms with E-state index in [1.807, 2.05) is 0 Å². The van der Waals surface area contributed by atoms with E-state index in [4.69, 9.17) is 4.94 Å². The standard InChI is InChI=1S/C5H4N4OS/c11-5-8-3-1-6-2-7-4(3)9(5)10-8/h1-2,5,11H. The largest absolute Gasteiger partial charge is 0.242 e. The molecule has 0 radical (unpaired) electrons. The molecule has 1 aromatic heterocycles. The fourth-order valence-corrected chi connectivity index (χ4v) is 1.51. The first-order valence-electron chi connectivity index (χ1n) is 3.12. The van der Waals surface area contributed by atoms with E-state index in [2.05, 4.69) is 22.6 Å². The molecule has 0 N–H and O–H groups in total. The summed E-state index contributed by atoms with van der Waals surface area (Å²) in [6, 6.07) is 0. The minimum absolute atomic E-state index is 0.0262. The van der Waals surface area contributed by atoms with Gasteiger partial charge in [0, 0.05) is 0 Å². The Hall–Kier alpha value is -1.01. The Morgan fingerprint density at radius 1 is 1.55 bits per heavy atom. The molecule has 1 unspecified atom stereocenters. The Bertz CT molecular complexity index is 290. The monoisotopic (exact) mass is 168 g/mol. The molecular formula is C5H4N4OS. The molecule has 6 heteroatoms. The predicted octanol–water partition coefficient (Wildman–Crippen LogP) is 0.177. The van der Waals surface area contributed by atoms with Crippen LogP contribution in [0.5, 0.6) is 0 Å². The highest BCUT2D eigenvalue weighted by Gasteiger charge is 2.48. The fourth-order valence-electron chi connectivity index (χ4n) is 1.19. The molecule has 5 nitrogen and oxygen atoms in total. The third kappa shape index (κ3) is 0.488. The first-order chi connectivity index (χ1) is 5.38. The van der Waals surface area contributed by atoms with Crippen LogP contribution < -0.4 is 10.1 Å². The molecule has 56 valence electrons. The van der Waals surface area contributed by atoms with Gasteiger partial charge >= 0.3 is 0 Å². The molecule has 1 fully saturated rings. The van der Waals surface area contributed by atoms with Gasteiger partial charge < -0.3 is 0 Å². The molecule has 0 spiro atoms. The molecule has 0 saturated carbocycles. The molecule has 1 atom stereocenters. The Kier molecular flexibility index (Phi) is 0.813. The van der Waals surface area contributed by atoms with Crippen LogP contribution in [0, 0.1) is 0 Å². The topological polar surface area (TPSA) is 41.5 Å². The van der Waals surface area contributed by atoms with Crippen LogP contribution in [0.1, 0.15) is 0 Å². The molecule has 0 aliphatic carbocycles. The van der Waals surface area contributed by atoms with Crippen molar-refractivity contribution in [3.8, 4) is 0 Å². The maximum atomic E-state index is 5.12. The van der Waals surface area contributed by atoms with Gasteiger partial charge in [-0.15, -0.1) is 17.6 Å². The molecule has 0 aromatic carbocycles. The van der Waals surface area contributed by atoms with Crippen molar-refractivity contribution in [1.82, 2.24) is 9.97 Å². The second-order valence-electron chi connectivity index (χ2n) is 2.31. The molecule has 3 aliphatic rings. The van der Waals surface area contributed by atoms with E-state index in [1.54, 1.807) is 16.3 Å². The summed E-state index contributed by atoms with van der Waals surface area (Å²) in [7, 11) is 0. The second kappa shape index (κ2) is 1.59. The van der Waals surface area contributed by atoms with Gasteiger partial charge in [-0.25, -0.2) is 9.97 Å². The Morgan fingerprint density at radius 3 is 3.18 bits per heavy atom. The Balaban J connectivity index is 2.22. The van der Waals surface area contributed by atoms with Gasteiger partial charge in [0.25, 0.3) is 0 Å². The van der Waals surface area contributed by atoms with E-state index in [-0.39, 0.29) is 5.50 Å². The lowest BCUT2D eigenvalue weighted by Gasteiger charge is -2.36. The first-order valence-corrected chi connectivity index (χ1v) is 3.64. The van der Waals surface area contributed by atoms with Gasteiger partial charge in [-0.3, -0.25) is 0 Å². The number of rotatable bonds is 0. The lowest BCUT2D eigenvalue weighted by atomic mass is 10.5. The molecule has 1 aromatic rings. The molecule has 2 bridgehead atoms. The van der Waals surface area contributed by atoms with Gasteiger partial charge in [-0.05, 0) is 0 Å². The zero-order valence-electron chi connectivity index (χ0n) is 5.38. The van der Waals surface area contributed by atoms with E-state index in [9.17, 15) is 0 Å². The number of thiol groups is 1. The summed E-state index contributed by atoms with van der Waals surface area (Å²) in [5, 5.41) is 3.28. The van der Waals surface area contributed by atoms with E-state index in [0.29, 0.717) is 0 Å². The maximum Gasteiger partial charge on any atom is 0.202 e. The highest BCUT2D eigenvalue weighted by Crippen LogP contribution is 2.46. The van der Waals surface area contributed by atoms with Crippen LogP contribution in [-0.4, -0.2) is 15.5 Å². The second-order valence-corrected chi connectivity index (χ2v) is 2.77. The third-order valence-corrected chi connectivity index (χ3v) is 2.13. The van der Waals surface area contributed by atoms with Gasteiger partial charge in [-0.2, -0.15) is 10.1 Å². The van der Waals surface area contributed by atoms with E-state index in [0.717, 1.165) is 11.5 Å². The predicted molar refractivity (Wildman–Crippen MR) is 40.8 cm³/mol. The molecular weight excluding hydrogens is 164 g/mol. The van der Waals surface area contributed by atoms with E-state index >= 15 is 0 Å². The zero-order chi connectivity index (χ0) is 7.42. The van der Waals surface area contributed by atoms with Crippen molar-refractivity contribution in [3.05, 3.63) is 12.5 Å². The van der Waals surface area contributed by atoms with E-state index < -0.39 is 0 Å². The van der Waals surface area contributed by atoms with Crippen molar-refractivity contribution in [3.63, 3.8) is 0 Å². The minimum Gasteiger partial charge on any atom is -0.242 e. The molecule has 4 heterocycles. The summed E-state index contributed by atoms with van der Waals surface area (Å²) in [6.07, 6.45) is 3.20. The number of hydrogen-bond donors (Lipinski definition) is 1. The molecule has 11 heavy (non-hydrogen) atoms. The zero-order valence-corrected chi connectivity index (χ0v) is 6.27. The van der Waals surface area contributed by atoms with Crippen LogP contribution in [0.15, 0.2) is 12.5 Å². The van der Waals surface area contributed by atoms with Crippen LogP contribution in [0.2, 0.25) is 0 Å². The number of nitrogens with zero attached hydrogens (tertiary/aromatic N) is 4. The van der Waals surface area contributed by atoms with Crippen LogP contribution >= 0.6 is 12.6 Å². The van der Waals surface area contributed by atoms with Gasteiger partial charge in [0.2, 0.25) is 5.50 Å². The van der Waals surface area contributed by atoms with Gasteiger partial charge in [0.15, 0.2) is 5.82 Å². The van der Waals surface area contributed by atoms with Crippen molar-refractivity contribution < 1.29 is 4.94 Å². The van der Waals surface area contributed by atoms with Gasteiger partial charge in [0.05, 0.1) is 6.20 Å². The average molecular weight is 168 g/mol. The summed E-state index contributed by atoms with van der Waals surface area (Å²) in [5.74, 6) is 0.792. The fraction of sp³-hybridized carbons (Fsp3) is 0.200. The van der Waals surface area contributed by atoms with Crippen LogP contribution in [0.3, 0.4) is 0 Å². The minimum atomic E-state index is -0.0262. The van der Waals surface area contributed by atoms with Crippen LogP contribution in [0.4, 0.5) is 11.5 Å². The summed E-state index contributed by atoms with van der Waals surface area (Å²) in [5.41, 5.74) is 0.856. The third-order valence-electron chi connectivity index (χ3n) is 1.71. The van der Waals surface area contributed by atoms with E-state index in [1.165, 1.54) is 6.33 Å². The average Bonchev–Trinajstić information content (AvgIpc) is 2.54. The molecule has 4 rings (SSSR count). The van der Waals surface area contributed by atoms with Gasteiger partial charge in [-0.1, -0.05) is 0 Å². The maximum absolute atomic E-state index is 5.12. The SMILES string of the molecule is SC1N2ON1c1ncncc12. The highest BCUT2D eigenvalue weighted by molar-refractivity contribution is 7.81. The summed E-state index contributed by atoms with van der Waals surface area (Å²) < 4.78 is 0. The van der Waals surface area contributed by atoms with Crippen molar-refractivity contribution in [1.29, 1.82) is 0 Å². The number of hydroxylamine groups is 2. The smallest absolute Gasteiger partial charge is 0.202 e. The quantitative estimate of drug-likeness (QED) is 0.559. The normalized spacial score (nSPS) is 25.0. The number of anilines is 2. The molecule has 0 amide bonds. The van der Waals surface area contributed by atoms with Crippen molar-refractivity contribution in [2.24, 2.45) is 0 Å². The Morgan fingerprint density at radius 2 is 2.45 bits per heavy atom. The van der Waals surface area contributed by atoms with Crippen molar-refractivity contribution in [2.75, 3.05) is 10.1 Å².